The average molecular weight is 452 g/mol. The number of nitrogens with zero attached hydrogens (tertiary/aromatic N) is 3. The molecule has 170 valence electrons. The molecule has 9 nitrogen and oxygen atoms in total. The van der Waals surface area contributed by atoms with Crippen molar-refractivity contribution in [1.82, 2.24) is 14.9 Å². The first-order valence-corrected chi connectivity index (χ1v) is 12.3. The van der Waals surface area contributed by atoms with Gasteiger partial charge in [-0.15, -0.1) is 0 Å². The molecule has 0 unspecified atom stereocenters. The SMILES string of the molecule is CCCC[C@@H](CN(O)C=O)C(=O)N1CCC[C@H]1c1nc2cc(S(=O)(=O)CC)ccc2o1. The molecule has 2 heterocycles. The number of hydrogen-bond acceptors (Lipinski definition) is 7. The van der Waals surface area contributed by atoms with Gasteiger partial charge in [0.1, 0.15) is 11.6 Å². The van der Waals surface area contributed by atoms with Gasteiger partial charge in [0.25, 0.3) is 0 Å². The van der Waals surface area contributed by atoms with Crippen molar-refractivity contribution in [2.24, 2.45) is 5.92 Å². The fraction of sp³-hybridized carbons (Fsp3) is 0.571. The van der Waals surface area contributed by atoms with E-state index in [2.05, 4.69) is 4.98 Å². The minimum atomic E-state index is -3.36. The number of carbonyl (C=O) groups excluding carboxylic acids is 2. The lowest BCUT2D eigenvalue weighted by atomic mass is 9.99. The molecule has 10 heteroatoms. The highest BCUT2D eigenvalue weighted by Crippen LogP contribution is 2.35. The van der Waals surface area contributed by atoms with E-state index in [9.17, 15) is 23.2 Å². The van der Waals surface area contributed by atoms with Crippen LogP contribution in [0.15, 0.2) is 27.5 Å². The Morgan fingerprint density at radius 1 is 1.42 bits per heavy atom. The van der Waals surface area contributed by atoms with E-state index in [0.29, 0.717) is 47.9 Å². The number of amides is 2. The molecule has 0 radical (unpaired) electrons. The number of fused-ring (bicyclic) bond motifs is 1. The smallest absolute Gasteiger partial charge is 0.233 e. The van der Waals surface area contributed by atoms with E-state index in [1.54, 1.807) is 17.9 Å². The van der Waals surface area contributed by atoms with Crippen LogP contribution in [0.5, 0.6) is 0 Å². The third kappa shape index (κ3) is 5.07. The molecule has 0 aliphatic carbocycles. The molecule has 0 bridgehead atoms. The largest absolute Gasteiger partial charge is 0.438 e. The molecule has 1 aliphatic rings. The number of rotatable bonds is 10. The Labute approximate surface area is 181 Å². The summed E-state index contributed by atoms with van der Waals surface area (Å²) < 4.78 is 30.2. The zero-order chi connectivity index (χ0) is 22.6. The number of oxazole rings is 1. The van der Waals surface area contributed by atoms with E-state index in [1.807, 2.05) is 6.92 Å². The van der Waals surface area contributed by atoms with Crippen molar-refractivity contribution in [3.05, 3.63) is 24.1 Å². The predicted molar refractivity (Wildman–Crippen MR) is 113 cm³/mol. The van der Waals surface area contributed by atoms with Crippen molar-refractivity contribution >= 4 is 33.3 Å². The number of carbonyl (C=O) groups is 2. The van der Waals surface area contributed by atoms with Crippen LogP contribution in [0.1, 0.15) is 57.9 Å². The Morgan fingerprint density at radius 3 is 2.87 bits per heavy atom. The zero-order valence-electron chi connectivity index (χ0n) is 17.9. The molecular weight excluding hydrogens is 422 g/mol. The van der Waals surface area contributed by atoms with Crippen molar-refractivity contribution in [1.29, 1.82) is 0 Å². The maximum absolute atomic E-state index is 13.2. The van der Waals surface area contributed by atoms with Crippen LogP contribution in [0.25, 0.3) is 11.1 Å². The minimum absolute atomic E-state index is 0.00404. The predicted octanol–water partition coefficient (Wildman–Crippen LogP) is 2.94. The van der Waals surface area contributed by atoms with E-state index in [1.165, 1.54) is 12.1 Å². The van der Waals surface area contributed by atoms with E-state index < -0.39 is 15.8 Å². The van der Waals surface area contributed by atoms with Crippen LogP contribution in [-0.4, -0.2) is 59.7 Å². The van der Waals surface area contributed by atoms with Gasteiger partial charge in [0.05, 0.1) is 23.1 Å². The second kappa shape index (κ2) is 9.78. The van der Waals surface area contributed by atoms with E-state index >= 15 is 0 Å². The topological polar surface area (TPSA) is 121 Å². The molecule has 1 aliphatic heterocycles. The fourth-order valence-electron chi connectivity index (χ4n) is 3.96. The van der Waals surface area contributed by atoms with Crippen LogP contribution in [0, 0.1) is 5.92 Å². The highest BCUT2D eigenvalue weighted by molar-refractivity contribution is 7.91. The summed E-state index contributed by atoms with van der Waals surface area (Å²) in [6.07, 6.45) is 4.02. The monoisotopic (exact) mass is 451 g/mol. The third-order valence-electron chi connectivity index (χ3n) is 5.72. The Balaban J connectivity index is 1.86. The number of likely N-dealkylation sites (tertiary alicyclic amines) is 1. The third-order valence-corrected chi connectivity index (χ3v) is 7.45. The Kier molecular flexibility index (Phi) is 7.32. The number of hydrogen-bond donors (Lipinski definition) is 1. The number of sulfone groups is 1. The maximum atomic E-state index is 13.2. The Morgan fingerprint density at radius 2 is 2.19 bits per heavy atom. The number of unbranched alkanes of at least 4 members (excludes halogenated alkanes) is 1. The first-order valence-electron chi connectivity index (χ1n) is 10.6. The Bertz CT molecular complexity index is 1030. The average Bonchev–Trinajstić information content (AvgIpc) is 3.41. The van der Waals surface area contributed by atoms with Gasteiger partial charge in [-0.3, -0.25) is 14.8 Å². The summed E-state index contributed by atoms with van der Waals surface area (Å²) in [5, 5.41) is 10.1. The van der Waals surface area contributed by atoms with Crippen LogP contribution in [-0.2, 0) is 19.4 Å². The summed E-state index contributed by atoms with van der Waals surface area (Å²) in [7, 11) is -3.36. The Hall–Kier alpha value is -2.46. The van der Waals surface area contributed by atoms with Crippen LogP contribution < -0.4 is 0 Å². The van der Waals surface area contributed by atoms with Crippen molar-refractivity contribution in [2.75, 3.05) is 18.8 Å². The van der Waals surface area contributed by atoms with Crippen LogP contribution in [0.3, 0.4) is 0 Å². The molecule has 1 fully saturated rings. The molecule has 2 atom stereocenters. The minimum Gasteiger partial charge on any atom is -0.438 e. The number of aromatic nitrogens is 1. The molecule has 1 aromatic carbocycles. The van der Waals surface area contributed by atoms with Crippen LogP contribution >= 0.6 is 0 Å². The molecule has 2 amide bonds. The lowest BCUT2D eigenvalue weighted by Gasteiger charge is -2.28. The second-order valence-corrected chi connectivity index (χ2v) is 10.1. The van der Waals surface area contributed by atoms with Crippen LogP contribution in [0.4, 0.5) is 0 Å². The van der Waals surface area contributed by atoms with Gasteiger partial charge in [-0.25, -0.2) is 18.5 Å². The molecule has 0 saturated carbocycles. The van der Waals surface area contributed by atoms with Gasteiger partial charge in [0.15, 0.2) is 15.4 Å². The standard InChI is InChI=1S/C21H29N3O6S/c1-3-5-7-15(13-23(27)14-25)21(26)24-11-6-8-18(24)20-22-17-12-16(31(28,29)4-2)9-10-19(17)30-20/h9-10,12,14-15,18,27H,3-8,11,13H2,1-2H3/t15-,18-/m0/s1. The van der Waals surface area contributed by atoms with Gasteiger partial charge in [0, 0.05) is 6.54 Å². The molecule has 3 rings (SSSR count). The van der Waals surface area contributed by atoms with E-state index in [0.717, 1.165) is 19.3 Å². The van der Waals surface area contributed by atoms with Crippen molar-refractivity contribution in [3.63, 3.8) is 0 Å². The summed E-state index contributed by atoms with van der Waals surface area (Å²) in [6.45, 7) is 4.08. The lowest BCUT2D eigenvalue weighted by molar-refractivity contribution is -0.157. The van der Waals surface area contributed by atoms with Crippen molar-refractivity contribution in [3.8, 4) is 0 Å². The first-order chi connectivity index (χ1) is 14.8. The van der Waals surface area contributed by atoms with Crippen molar-refractivity contribution < 1.29 is 27.6 Å². The first kappa shape index (κ1) is 23.2. The quantitative estimate of drug-likeness (QED) is 0.335. The molecule has 1 N–H and O–H groups in total. The fourth-order valence-corrected chi connectivity index (χ4v) is 4.86. The van der Waals surface area contributed by atoms with Gasteiger partial charge in [-0.05, 0) is 37.5 Å². The molecule has 1 aromatic heterocycles. The summed E-state index contributed by atoms with van der Waals surface area (Å²) in [6, 6.07) is 4.23. The number of hydroxylamine groups is 2. The summed E-state index contributed by atoms with van der Waals surface area (Å²) in [5.74, 6) is -0.289. The lowest BCUT2D eigenvalue weighted by Crippen LogP contribution is -2.40. The normalized spacial score (nSPS) is 17.8. The van der Waals surface area contributed by atoms with Crippen LogP contribution in [0.2, 0.25) is 0 Å². The maximum Gasteiger partial charge on any atom is 0.233 e. The zero-order valence-corrected chi connectivity index (χ0v) is 18.7. The second-order valence-electron chi connectivity index (χ2n) is 7.84. The summed E-state index contributed by atoms with van der Waals surface area (Å²) in [5.41, 5.74) is 0.906. The summed E-state index contributed by atoms with van der Waals surface area (Å²) >= 11 is 0. The van der Waals surface area contributed by atoms with Gasteiger partial charge in [-0.2, -0.15) is 0 Å². The molecule has 2 aromatic rings. The highest BCUT2D eigenvalue weighted by Gasteiger charge is 2.37. The van der Waals surface area contributed by atoms with Gasteiger partial charge in [0.2, 0.25) is 18.2 Å². The molecular formula is C21H29N3O6S. The van der Waals surface area contributed by atoms with Gasteiger partial charge in [-0.1, -0.05) is 26.7 Å². The van der Waals surface area contributed by atoms with E-state index in [4.69, 9.17) is 4.42 Å². The molecule has 1 saturated heterocycles. The molecule has 0 spiro atoms. The highest BCUT2D eigenvalue weighted by atomic mass is 32.2. The summed E-state index contributed by atoms with van der Waals surface area (Å²) in [4.78, 5) is 30.5. The van der Waals surface area contributed by atoms with E-state index in [-0.39, 0.29) is 29.1 Å². The number of benzene rings is 1. The van der Waals surface area contributed by atoms with Gasteiger partial charge >= 0.3 is 0 Å². The van der Waals surface area contributed by atoms with Crippen molar-refractivity contribution in [2.45, 2.75) is 56.9 Å². The van der Waals surface area contributed by atoms with Gasteiger partial charge < -0.3 is 9.32 Å². The molecule has 31 heavy (non-hydrogen) atoms.